The number of likely N-dealkylation sites (N-methyl/N-ethyl adjacent to an activating group) is 1. The molecule has 1 heterocycles. The molecule has 0 atom stereocenters. The predicted octanol–water partition coefficient (Wildman–Crippen LogP) is 3.73. The lowest BCUT2D eigenvalue weighted by Crippen LogP contribution is -2.34. The fourth-order valence-electron chi connectivity index (χ4n) is 2.84. The van der Waals surface area contributed by atoms with Crippen LogP contribution in [0.5, 0.6) is 23.0 Å². The van der Waals surface area contributed by atoms with E-state index in [1.165, 1.54) is 0 Å². The van der Waals surface area contributed by atoms with E-state index in [-0.39, 0.29) is 6.03 Å². The van der Waals surface area contributed by atoms with Crippen molar-refractivity contribution < 1.29 is 19.0 Å². The van der Waals surface area contributed by atoms with E-state index in [9.17, 15) is 4.79 Å². The second kappa shape index (κ2) is 9.80. The number of amides is 2. The van der Waals surface area contributed by atoms with Gasteiger partial charge in [-0.1, -0.05) is 0 Å². The molecule has 158 valence electrons. The number of fused-ring (bicyclic) bond motifs is 1. The fraction of sp³-hybridized carbons (Fsp3) is 0.273. The van der Waals surface area contributed by atoms with Crippen LogP contribution in [0.15, 0.2) is 48.7 Å². The average Bonchev–Trinajstić information content (AvgIpc) is 2.74. The maximum absolute atomic E-state index is 11.9. The highest BCUT2D eigenvalue weighted by Gasteiger charge is 2.11. The van der Waals surface area contributed by atoms with Gasteiger partial charge in [-0.25, -0.2) is 4.79 Å². The van der Waals surface area contributed by atoms with E-state index in [1.807, 2.05) is 31.1 Å². The van der Waals surface area contributed by atoms with Gasteiger partial charge in [-0.15, -0.1) is 0 Å². The maximum Gasteiger partial charge on any atom is 0.319 e. The van der Waals surface area contributed by atoms with Crippen LogP contribution in [-0.4, -0.2) is 57.3 Å². The Morgan fingerprint density at radius 3 is 2.37 bits per heavy atom. The Hall–Kier alpha value is -3.52. The summed E-state index contributed by atoms with van der Waals surface area (Å²) in [5, 5.41) is 6.41. The Morgan fingerprint density at radius 1 is 1.00 bits per heavy atom. The van der Waals surface area contributed by atoms with Crippen molar-refractivity contribution in [2.75, 3.05) is 46.7 Å². The molecule has 0 bridgehead atoms. The summed E-state index contributed by atoms with van der Waals surface area (Å²) in [7, 11) is 7.08. The number of benzene rings is 2. The lowest BCUT2D eigenvalue weighted by atomic mass is 10.2. The molecule has 2 amide bonds. The molecule has 30 heavy (non-hydrogen) atoms. The summed E-state index contributed by atoms with van der Waals surface area (Å²) >= 11 is 0. The van der Waals surface area contributed by atoms with Crippen LogP contribution in [0.4, 0.5) is 10.5 Å². The van der Waals surface area contributed by atoms with Crippen LogP contribution in [-0.2, 0) is 0 Å². The molecule has 1 aromatic heterocycles. The fourth-order valence-corrected chi connectivity index (χ4v) is 2.84. The smallest absolute Gasteiger partial charge is 0.319 e. The van der Waals surface area contributed by atoms with Crippen molar-refractivity contribution >= 4 is 22.6 Å². The summed E-state index contributed by atoms with van der Waals surface area (Å²) in [5.74, 6) is 2.48. The second-order valence-electron chi connectivity index (χ2n) is 6.84. The number of aromatic nitrogens is 1. The highest BCUT2D eigenvalue weighted by molar-refractivity contribution is 5.89. The number of hydrogen-bond acceptors (Lipinski definition) is 6. The van der Waals surface area contributed by atoms with E-state index in [0.717, 1.165) is 17.4 Å². The van der Waals surface area contributed by atoms with Gasteiger partial charge in [0.25, 0.3) is 0 Å². The van der Waals surface area contributed by atoms with E-state index in [2.05, 4.69) is 15.6 Å². The van der Waals surface area contributed by atoms with Gasteiger partial charge in [0.2, 0.25) is 0 Å². The van der Waals surface area contributed by atoms with Crippen molar-refractivity contribution in [1.29, 1.82) is 0 Å². The van der Waals surface area contributed by atoms with Gasteiger partial charge in [-0.3, -0.25) is 4.98 Å². The van der Waals surface area contributed by atoms with Gasteiger partial charge in [-0.05, 0) is 50.5 Å². The van der Waals surface area contributed by atoms with Crippen LogP contribution >= 0.6 is 0 Å². The number of ether oxygens (including phenoxy) is 3. The van der Waals surface area contributed by atoms with Crippen molar-refractivity contribution in [3.05, 3.63) is 48.7 Å². The Balaban J connectivity index is 1.71. The molecule has 0 saturated carbocycles. The molecule has 3 aromatic rings. The molecule has 8 heteroatoms. The number of hydrogen-bond donors (Lipinski definition) is 2. The first-order chi connectivity index (χ1) is 14.5. The standard InChI is InChI=1S/C22H26N4O4/c1-26(2)12-11-24-22(27)25-15-5-7-16(8-6-15)30-19-9-10-23-18-14-21(29-4)20(28-3)13-17(18)19/h5-10,13-14H,11-12H2,1-4H3,(H2,24,25,27). The molecule has 0 radical (unpaired) electrons. The van der Waals surface area contributed by atoms with E-state index >= 15 is 0 Å². The summed E-state index contributed by atoms with van der Waals surface area (Å²) in [6, 6.07) is 12.4. The number of carbonyl (C=O) groups is 1. The number of anilines is 1. The first kappa shape index (κ1) is 21.2. The maximum atomic E-state index is 11.9. The zero-order chi connectivity index (χ0) is 21.5. The summed E-state index contributed by atoms with van der Waals surface area (Å²) in [6.45, 7) is 1.35. The SMILES string of the molecule is COc1cc2nccc(Oc3ccc(NC(=O)NCCN(C)C)cc3)c2cc1OC. The van der Waals surface area contributed by atoms with Crippen molar-refractivity contribution in [2.24, 2.45) is 0 Å². The Labute approximate surface area is 175 Å². The third kappa shape index (κ3) is 5.30. The molecule has 0 spiro atoms. The van der Waals surface area contributed by atoms with Gasteiger partial charge in [-0.2, -0.15) is 0 Å². The van der Waals surface area contributed by atoms with Crippen LogP contribution in [0.25, 0.3) is 10.9 Å². The molecule has 3 rings (SSSR count). The molecule has 8 nitrogen and oxygen atoms in total. The van der Waals surface area contributed by atoms with Crippen LogP contribution in [0, 0.1) is 0 Å². The van der Waals surface area contributed by atoms with Gasteiger partial charge in [0.1, 0.15) is 11.5 Å². The summed E-state index contributed by atoms with van der Waals surface area (Å²) in [6.07, 6.45) is 1.68. The van der Waals surface area contributed by atoms with Crippen LogP contribution < -0.4 is 24.8 Å². The largest absolute Gasteiger partial charge is 0.493 e. The Bertz CT molecular complexity index is 1010. The first-order valence-electron chi connectivity index (χ1n) is 9.48. The molecule has 0 fully saturated rings. The molecule has 2 N–H and O–H groups in total. The third-order valence-corrected chi connectivity index (χ3v) is 4.39. The number of pyridine rings is 1. The van der Waals surface area contributed by atoms with Crippen molar-refractivity contribution in [2.45, 2.75) is 0 Å². The average molecular weight is 410 g/mol. The number of nitrogens with one attached hydrogen (secondary N) is 2. The zero-order valence-corrected chi connectivity index (χ0v) is 17.6. The zero-order valence-electron chi connectivity index (χ0n) is 17.6. The minimum absolute atomic E-state index is 0.244. The monoisotopic (exact) mass is 410 g/mol. The predicted molar refractivity (Wildman–Crippen MR) is 117 cm³/mol. The third-order valence-electron chi connectivity index (χ3n) is 4.39. The number of urea groups is 1. The normalized spacial score (nSPS) is 10.7. The van der Waals surface area contributed by atoms with E-state index in [4.69, 9.17) is 14.2 Å². The molecular formula is C22H26N4O4. The number of rotatable bonds is 8. The van der Waals surface area contributed by atoms with Crippen molar-refractivity contribution in [3.63, 3.8) is 0 Å². The summed E-state index contributed by atoms with van der Waals surface area (Å²) in [4.78, 5) is 18.3. The molecular weight excluding hydrogens is 384 g/mol. The second-order valence-corrected chi connectivity index (χ2v) is 6.84. The molecule has 0 saturated heterocycles. The number of nitrogens with zero attached hydrogens (tertiary/aromatic N) is 2. The van der Waals surface area contributed by atoms with Crippen LogP contribution in [0.2, 0.25) is 0 Å². The highest BCUT2D eigenvalue weighted by Crippen LogP contribution is 2.36. The first-order valence-corrected chi connectivity index (χ1v) is 9.48. The van der Waals surface area contributed by atoms with Gasteiger partial charge in [0.05, 0.1) is 19.7 Å². The topological polar surface area (TPSA) is 85.0 Å². The minimum Gasteiger partial charge on any atom is -0.493 e. The molecule has 0 aliphatic heterocycles. The highest BCUT2D eigenvalue weighted by atomic mass is 16.5. The lowest BCUT2D eigenvalue weighted by Gasteiger charge is -2.13. The van der Waals surface area contributed by atoms with E-state index in [1.54, 1.807) is 50.7 Å². The molecule has 0 aliphatic rings. The lowest BCUT2D eigenvalue weighted by molar-refractivity contribution is 0.250. The van der Waals surface area contributed by atoms with Gasteiger partial charge < -0.3 is 29.7 Å². The van der Waals surface area contributed by atoms with E-state index < -0.39 is 0 Å². The Morgan fingerprint density at radius 2 is 1.70 bits per heavy atom. The summed E-state index contributed by atoms with van der Waals surface area (Å²) in [5.41, 5.74) is 1.41. The Kier molecular flexibility index (Phi) is 6.92. The van der Waals surface area contributed by atoms with Gasteiger partial charge in [0.15, 0.2) is 11.5 Å². The number of carbonyl (C=O) groups excluding carboxylic acids is 1. The summed E-state index contributed by atoms with van der Waals surface area (Å²) < 4.78 is 16.8. The minimum atomic E-state index is -0.244. The van der Waals surface area contributed by atoms with Crippen molar-refractivity contribution in [1.82, 2.24) is 15.2 Å². The van der Waals surface area contributed by atoms with Gasteiger partial charge >= 0.3 is 6.03 Å². The number of methoxy groups -OCH3 is 2. The molecule has 0 aliphatic carbocycles. The van der Waals surface area contributed by atoms with Crippen LogP contribution in [0.1, 0.15) is 0 Å². The van der Waals surface area contributed by atoms with E-state index in [0.29, 0.717) is 35.2 Å². The van der Waals surface area contributed by atoms with Gasteiger partial charge in [0, 0.05) is 36.4 Å². The van der Waals surface area contributed by atoms with Crippen molar-refractivity contribution in [3.8, 4) is 23.0 Å². The van der Waals surface area contributed by atoms with Crippen LogP contribution in [0.3, 0.4) is 0 Å². The quantitative estimate of drug-likeness (QED) is 0.589. The molecule has 2 aromatic carbocycles. The molecule has 0 unspecified atom stereocenters.